The monoisotopic (exact) mass is 382 g/mol. The quantitative estimate of drug-likeness (QED) is 0.725. The van der Waals surface area contributed by atoms with Gasteiger partial charge in [-0.3, -0.25) is 4.90 Å². The van der Waals surface area contributed by atoms with Gasteiger partial charge in [-0.25, -0.2) is 13.4 Å². The van der Waals surface area contributed by atoms with Crippen molar-refractivity contribution in [1.29, 1.82) is 0 Å². The summed E-state index contributed by atoms with van der Waals surface area (Å²) in [5.41, 5.74) is 0. The first-order valence-corrected chi connectivity index (χ1v) is 11.0. The molecule has 0 bridgehead atoms. The predicted molar refractivity (Wildman–Crippen MR) is 102 cm³/mol. The fourth-order valence-electron chi connectivity index (χ4n) is 3.70. The summed E-state index contributed by atoms with van der Waals surface area (Å²) in [6, 6.07) is 3.40. The Morgan fingerprint density at radius 3 is 2.50 bits per heavy atom. The third-order valence-electron chi connectivity index (χ3n) is 4.89. The van der Waals surface area contributed by atoms with E-state index in [9.17, 15) is 8.42 Å². The molecule has 1 N–H and O–H groups in total. The van der Waals surface area contributed by atoms with E-state index in [2.05, 4.69) is 29.0 Å². The van der Waals surface area contributed by atoms with Crippen molar-refractivity contribution in [2.24, 2.45) is 0 Å². The normalized spacial score (nSPS) is 25.5. The van der Waals surface area contributed by atoms with Gasteiger partial charge in [-0.05, 0) is 45.2 Å². The molecular weight excluding hydrogens is 352 g/mol. The van der Waals surface area contributed by atoms with Crippen LogP contribution >= 0.6 is 0 Å². The lowest BCUT2D eigenvalue weighted by molar-refractivity contribution is -0.0678. The van der Waals surface area contributed by atoms with Gasteiger partial charge in [0.05, 0.1) is 12.2 Å². The highest BCUT2D eigenvalue weighted by molar-refractivity contribution is 7.89. The first kappa shape index (κ1) is 19.5. The molecule has 2 aliphatic rings. The molecule has 2 aliphatic heterocycles. The van der Waals surface area contributed by atoms with Crippen LogP contribution in [0.5, 0.6) is 0 Å². The molecule has 3 rings (SSSR count). The number of sulfonamides is 1. The van der Waals surface area contributed by atoms with Gasteiger partial charge in [0.25, 0.3) is 0 Å². The standard InChI is InChI=1S/C18H30N4O3S/c1-15-13-21(14-16(2)25-15)9-5-8-19-18-7-6-17(12-20-18)26(23,24)22-10-3-4-11-22/h6-7,12,15-16H,3-5,8-11,13-14H2,1-2H3,(H,19,20). The molecule has 8 heteroatoms. The van der Waals surface area contributed by atoms with Crippen LogP contribution in [0, 0.1) is 0 Å². The lowest BCUT2D eigenvalue weighted by Crippen LogP contribution is -2.45. The number of hydrogen-bond donors (Lipinski definition) is 1. The van der Waals surface area contributed by atoms with Crippen LogP contribution in [0.1, 0.15) is 33.1 Å². The molecule has 1 aromatic heterocycles. The zero-order valence-electron chi connectivity index (χ0n) is 15.7. The minimum atomic E-state index is -3.38. The highest BCUT2D eigenvalue weighted by Gasteiger charge is 2.27. The lowest BCUT2D eigenvalue weighted by Gasteiger charge is -2.35. The number of anilines is 1. The molecule has 146 valence electrons. The summed E-state index contributed by atoms with van der Waals surface area (Å²) >= 11 is 0. The van der Waals surface area contributed by atoms with Crippen LogP contribution in [0.2, 0.25) is 0 Å². The van der Waals surface area contributed by atoms with Gasteiger partial charge in [0.15, 0.2) is 0 Å². The Hall–Kier alpha value is -1.22. The molecular formula is C18H30N4O3S. The Balaban J connectivity index is 1.44. The molecule has 0 saturated carbocycles. The van der Waals surface area contributed by atoms with Gasteiger partial charge in [-0.2, -0.15) is 4.31 Å². The maximum Gasteiger partial charge on any atom is 0.244 e. The maximum atomic E-state index is 12.5. The number of rotatable bonds is 7. The average Bonchev–Trinajstić information content (AvgIpc) is 3.14. The second-order valence-corrected chi connectivity index (χ2v) is 9.23. The molecule has 1 aromatic rings. The lowest BCUT2D eigenvalue weighted by atomic mass is 10.2. The van der Waals surface area contributed by atoms with Gasteiger partial charge in [0, 0.05) is 45.5 Å². The Bertz CT molecular complexity index is 664. The molecule has 2 fully saturated rings. The number of nitrogens with zero attached hydrogens (tertiary/aromatic N) is 3. The van der Waals surface area contributed by atoms with Crippen molar-refractivity contribution >= 4 is 15.8 Å². The van der Waals surface area contributed by atoms with E-state index < -0.39 is 10.0 Å². The van der Waals surface area contributed by atoms with Crippen molar-refractivity contribution < 1.29 is 13.2 Å². The molecule has 0 spiro atoms. The molecule has 0 aromatic carbocycles. The van der Waals surface area contributed by atoms with Crippen molar-refractivity contribution in [2.75, 3.05) is 44.6 Å². The van der Waals surface area contributed by atoms with Crippen LogP contribution in [0.25, 0.3) is 0 Å². The number of hydrogen-bond acceptors (Lipinski definition) is 6. The molecule has 0 radical (unpaired) electrons. The summed E-state index contributed by atoms with van der Waals surface area (Å²) in [4.78, 5) is 6.98. The summed E-state index contributed by atoms with van der Waals surface area (Å²) in [5, 5.41) is 3.28. The zero-order chi connectivity index (χ0) is 18.6. The molecule has 0 amide bonds. The highest BCUT2D eigenvalue weighted by Crippen LogP contribution is 2.21. The summed E-state index contributed by atoms with van der Waals surface area (Å²) in [5.74, 6) is 0.717. The number of ether oxygens (including phenoxy) is 1. The summed E-state index contributed by atoms with van der Waals surface area (Å²) < 4.78 is 32.3. The van der Waals surface area contributed by atoms with Crippen LogP contribution in [-0.2, 0) is 14.8 Å². The number of pyridine rings is 1. The molecule has 26 heavy (non-hydrogen) atoms. The third-order valence-corrected chi connectivity index (χ3v) is 6.77. The van der Waals surface area contributed by atoms with Gasteiger partial charge in [-0.1, -0.05) is 0 Å². The summed E-state index contributed by atoms with van der Waals surface area (Å²) in [7, 11) is -3.38. The van der Waals surface area contributed by atoms with Crippen molar-refractivity contribution in [3.8, 4) is 0 Å². The van der Waals surface area contributed by atoms with E-state index in [-0.39, 0.29) is 4.90 Å². The van der Waals surface area contributed by atoms with Crippen LogP contribution in [0.4, 0.5) is 5.82 Å². The van der Waals surface area contributed by atoms with Crippen LogP contribution < -0.4 is 5.32 Å². The number of morpholine rings is 1. The largest absolute Gasteiger partial charge is 0.373 e. The minimum Gasteiger partial charge on any atom is -0.373 e. The smallest absolute Gasteiger partial charge is 0.244 e. The third kappa shape index (κ3) is 4.94. The second kappa shape index (κ2) is 8.65. The van der Waals surface area contributed by atoms with E-state index in [0.29, 0.717) is 31.1 Å². The second-order valence-electron chi connectivity index (χ2n) is 7.29. The highest BCUT2D eigenvalue weighted by atomic mass is 32.2. The van der Waals surface area contributed by atoms with E-state index >= 15 is 0 Å². The fourth-order valence-corrected chi connectivity index (χ4v) is 5.16. The van der Waals surface area contributed by atoms with E-state index in [4.69, 9.17) is 4.74 Å². The van der Waals surface area contributed by atoms with Gasteiger partial charge < -0.3 is 10.1 Å². The molecule has 3 heterocycles. The van der Waals surface area contributed by atoms with Crippen molar-refractivity contribution in [3.05, 3.63) is 18.3 Å². The van der Waals surface area contributed by atoms with Crippen molar-refractivity contribution in [1.82, 2.24) is 14.2 Å². The van der Waals surface area contributed by atoms with Gasteiger partial charge >= 0.3 is 0 Å². The van der Waals surface area contributed by atoms with Gasteiger partial charge in [0.2, 0.25) is 10.0 Å². The number of aromatic nitrogens is 1. The van der Waals surface area contributed by atoms with Crippen LogP contribution in [-0.4, -0.2) is 74.1 Å². The topological polar surface area (TPSA) is 74.8 Å². The van der Waals surface area contributed by atoms with Gasteiger partial charge in [-0.15, -0.1) is 0 Å². The van der Waals surface area contributed by atoms with E-state index in [1.165, 1.54) is 6.20 Å². The maximum absolute atomic E-state index is 12.5. The Kier molecular flexibility index (Phi) is 6.50. The summed E-state index contributed by atoms with van der Waals surface area (Å²) in [6.07, 6.45) is 4.92. The molecule has 2 atom stereocenters. The summed E-state index contributed by atoms with van der Waals surface area (Å²) in [6.45, 7) is 9.24. The Labute approximate surface area is 156 Å². The number of nitrogens with one attached hydrogen (secondary N) is 1. The fraction of sp³-hybridized carbons (Fsp3) is 0.722. The first-order valence-electron chi connectivity index (χ1n) is 9.53. The van der Waals surface area contributed by atoms with Crippen LogP contribution in [0.15, 0.2) is 23.2 Å². The molecule has 0 aliphatic carbocycles. The zero-order valence-corrected chi connectivity index (χ0v) is 16.5. The molecule has 7 nitrogen and oxygen atoms in total. The SMILES string of the molecule is CC1CN(CCCNc2ccc(S(=O)(=O)N3CCCC3)cn2)CC(C)O1. The van der Waals surface area contributed by atoms with E-state index in [1.807, 2.05) is 0 Å². The predicted octanol–water partition coefficient (Wildman–Crippen LogP) is 1.78. The molecule has 2 unspecified atom stereocenters. The van der Waals surface area contributed by atoms with Crippen LogP contribution in [0.3, 0.4) is 0 Å². The first-order chi connectivity index (χ1) is 12.4. The van der Waals surface area contributed by atoms with Gasteiger partial charge in [0.1, 0.15) is 10.7 Å². The van der Waals surface area contributed by atoms with E-state index in [0.717, 1.165) is 45.4 Å². The Morgan fingerprint density at radius 2 is 1.88 bits per heavy atom. The van der Waals surface area contributed by atoms with E-state index in [1.54, 1.807) is 16.4 Å². The minimum absolute atomic E-state index is 0.279. The van der Waals surface area contributed by atoms with Crippen molar-refractivity contribution in [3.63, 3.8) is 0 Å². The molecule has 2 saturated heterocycles. The Morgan fingerprint density at radius 1 is 1.19 bits per heavy atom. The average molecular weight is 383 g/mol. The van der Waals surface area contributed by atoms with Crippen molar-refractivity contribution in [2.45, 2.75) is 50.2 Å².